The Labute approximate surface area is 114 Å². The highest BCUT2D eigenvalue weighted by Gasteiger charge is 2.21. The van der Waals surface area contributed by atoms with Gasteiger partial charge < -0.3 is 15.4 Å². The summed E-state index contributed by atoms with van der Waals surface area (Å²) in [7, 11) is 1.79. The summed E-state index contributed by atoms with van der Waals surface area (Å²) in [6.45, 7) is 3.51. The summed E-state index contributed by atoms with van der Waals surface area (Å²) >= 11 is 0. The molecule has 0 amide bonds. The van der Waals surface area contributed by atoms with Crippen LogP contribution in [0.4, 0.5) is 0 Å². The van der Waals surface area contributed by atoms with Crippen LogP contribution in [0.25, 0.3) is 0 Å². The lowest BCUT2D eigenvalue weighted by atomic mass is 10.3. The van der Waals surface area contributed by atoms with Crippen LogP contribution in [-0.2, 0) is 6.54 Å². The minimum Gasteiger partial charge on any atom is -0.478 e. The van der Waals surface area contributed by atoms with Crippen molar-refractivity contribution in [1.29, 1.82) is 0 Å². The lowest BCUT2D eigenvalue weighted by molar-refractivity contribution is 0.305. The molecule has 0 aliphatic heterocycles. The number of hydrogen-bond donors (Lipinski definition) is 2. The predicted octanol–water partition coefficient (Wildman–Crippen LogP) is 1.70. The van der Waals surface area contributed by atoms with Crippen molar-refractivity contribution < 1.29 is 4.74 Å². The van der Waals surface area contributed by atoms with E-state index in [1.54, 1.807) is 7.05 Å². The lowest BCUT2D eigenvalue weighted by Gasteiger charge is -2.11. The van der Waals surface area contributed by atoms with Crippen LogP contribution in [0.5, 0.6) is 5.88 Å². The number of rotatable bonds is 6. The maximum Gasteiger partial charge on any atom is 0.213 e. The van der Waals surface area contributed by atoms with Gasteiger partial charge in [-0.25, -0.2) is 4.98 Å². The Morgan fingerprint density at radius 3 is 2.89 bits per heavy atom. The highest BCUT2D eigenvalue weighted by Crippen LogP contribution is 2.18. The van der Waals surface area contributed by atoms with Crippen molar-refractivity contribution in [3.05, 3.63) is 23.9 Å². The fourth-order valence-electron chi connectivity index (χ4n) is 1.61. The second-order valence-electron chi connectivity index (χ2n) is 4.70. The summed E-state index contributed by atoms with van der Waals surface area (Å²) in [6.07, 6.45) is 5.31. The molecule has 0 bridgehead atoms. The molecule has 0 aromatic carbocycles. The van der Waals surface area contributed by atoms with Gasteiger partial charge in [0.2, 0.25) is 5.88 Å². The van der Waals surface area contributed by atoms with Gasteiger partial charge in [-0.15, -0.1) is 0 Å². The Bertz CT molecular complexity index is 412. The third-order valence-electron chi connectivity index (χ3n) is 2.85. The average molecular weight is 262 g/mol. The average Bonchev–Trinajstić information content (AvgIpc) is 3.26. The molecule has 1 fully saturated rings. The first-order valence-corrected chi connectivity index (χ1v) is 6.86. The lowest BCUT2D eigenvalue weighted by Crippen LogP contribution is -2.38. The number of guanidine groups is 1. The van der Waals surface area contributed by atoms with Gasteiger partial charge in [0.25, 0.3) is 0 Å². The summed E-state index contributed by atoms with van der Waals surface area (Å²) in [5, 5.41) is 6.62. The largest absolute Gasteiger partial charge is 0.478 e. The van der Waals surface area contributed by atoms with E-state index in [-0.39, 0.29) is 0 Å². The van der Waals surface area contributed by atoms with Gasteiger partial charge in [-0.1, -0.05) is 13.0 Å². The quantitative estimate of drug-likeness (QED) is 0.605. The van der Waals surface area contributed by atoms with Crippen molar-refractivity contribution in [2.24, 2.45) is 4.99 Å². The topological polar surface area (TPSA) is 58.5 Å². The normalized spacial score (nSPS) is 15.2. The molecule has 1 aliphatic rings. The fourth-order valence-corrected chi connectivity index (χ4v) is 1.61. The van der Waals surface area contributed by atoms with Crippen LogP contribution in [0.1, 0.15) is 31.7 Å². The summed E-state index contributed by atoms with van der Waals surface area (Å²) in [6, 6.07) is 4.54. The summed E-state index contributed by atoms with van der Waals surface area (Å²) in [5.74, 6) is 1.54. The summed E-state index contributed by atoms with van der Waals surface area (Å²) in [5.41, 5.74) is 1.11. The van der Waals surface area contributed by atoms with Gasteiger partial charge in [-0.2, -0.15) is 0 Å². The van der Waals surface area contributed by atoms with Crippen LogP contribution in [-0.4, -0.2) is 30.6 Å². The Hall–Kier alpha value is -1.78. The van der Waals surface area contributed by atoms with Crippen LogP contribution < -0.4 is 15.4 Å². The van der Waals surface area contributed by atoms with Crippen molar-refractivity contribution in [1.82, 2.24) is 15.6 Å². The third kappa shape index (κ3) is 4.77. The molecule has 1 aliphatic carbocycles. The number of aromatic nitrogens is 1. The van der Waals surface area contributed by atoms with Gasteiger partial charge in [0, 0.05) is 31.9 Å². The van der Waals surface area contributed by atoms with E-state index >= 15 is 0 Å². The molecule has 5 heteroatoms. The van der Waals surface area contributed by atoms with E-state index in [0.717, 1.165) is 17.9 Å². The van der Waals surface area contributed by atoms with E-state index < -0.39 is 0 Å². The number of aliphatic imine (C=N–C) groups is 1. The van der Waals surface area contributed by atoms with Gasteiger partial charge in [0.05, 0.1) is 6.61 Å². The first-order valence-electron chi connectivity index (χ1n) is 6.86. The van der Waals surface area contributed by atoms with Crippen LogP contribution in [0.3, 0.4) is 0 Å². The first-order chi connectivity index (χ1) is 9.31. The maximum absolute atomic E-state index is 5.45. The van der Waals surface area contributed by atoms with Crippen molar-refractivity contribution in [3.8, 4) is 5.88 Å². The molecule has 1 aromatic heterocycles. The summed E-state index contributed by atoms with van der Waals surface area (Å²) < 4.78 is 5.45. The minimum atomic E-state index is 0.606. The SMILES string of the molecule is CCCOc1ccc(CNC(=NC)NC2CC2)cn1. The molecule has 0 atom stereocenters. The molecule has 0 spiro atoms. The second kappa shape index (κ2) is 6.97. The molecular weight excluding hydrogens is 240 g/mol. The zero-order chi connectivity index (χ0) is 13.5. The number of nitrogens with one attached hydrogen (secondary N) is 2. The molecule has 104 valence electrons. The van der Waals surface area contributed by atoms with E-state index in [1.165, 1.54) is 12.8 Å². The Balaban J connectivity index is 1.78. The van der Waals surface area contributed by atoms with Gasteiger partial charge in [-0.05, 0) is 24.8 Å². The Morgan fingerprint density at radius 1 is 1.47 bits per heavy atom. The summed E-state index contributed by atoms with van der Waals surface area (Å²) in [4.78, 5) is 8.46. The molecule has 0 saturated heterocycles. The third-order valence-corrected chi connectivity index (χ3v) is 2.85. The highest BCUT2D eigenvalue weighted by atomic mass is 16.5. The molecule has 5 nitrogen and oxygen atoms in total. The van der Waals surface area contributed by atoms with Crippen LogP contribution >= 0.6 is 0 Å². The van der Waals surface area contributed by atoms with Crippen LogP contribution in [0.2, 0.25) is 0 Å². The van der Waals surface area contributed by atoms with Crippen LogP contribution in [0, 0.1) is 0 Å². The molecule has 1 aromatic rings. The molecule has 0 radical (unpaired) electrons. The predicted molar refractivity (Wildman–Crippen MR) is 76.4 cm³/mol. The van der Waals surface area contributed by atoms with Crippen molar-refractivity contribution >= 4 is 5.96 Å². The number of nitrogens with zero attached hydrogens (tertiary/aromatic N) is 2. The first kappa shape index (κ1) is 13.6. The molecule has 1 saturated carbocycles. The number of pyridine rings is 1. The second-order valence-corrected chi connectivity index (χ2v) is 4.70. The van der Waals surface area contributed by atoms with Gasteiger partial charge in [-0.3, -0.25) is 4.99 Å². The highest BCUT2D eigenvalue weighted by molar-refractivity contribution is 5.80. The van der Waals surface area contributed by atoms with Gasteiger partial charge in [0.1, 0.15) is 0 Å². The van der Waals surface area contributed by atoms with E-state index in [0.29, 0.717) is 25.1 Å². The Morgan fingerprint density at radius 2 is 2.32 bits per heavy atom. The monoisotopic (exact) mass is 262 g/mol. The van der Waals surface area contributed by atoms with E-state index in [9.17, 15) is 0 Å². The van der Waals surface area contributed by atoms with E-state index in [4.69, 9.17) is 4.74 Å². The number of hydrogen-bond acceptors (Lipinski definition) is 3. The minimum absolute atomic E-state index is 0.606. The van der Waals surface area contributed by atoms with Gasteiger partial charge >= 0.3 is 0 Å². The van der Waals surface area contributed by atoms with E-state index in [2.05, 4.69) is 27.5 Å². The van der Waals surface area contributed by atoms with E-state index in [1.807, 2.05) is 18.3 Å². The van der Waals surface area contributed by atoms with Crippen molar-refractivity contribution in [2.45, 2.75) is 38.8 Å². The smallest absolute Gasteiger partial charge is 0.213 e. The zero-order valence-electron chi connectivity index (χ0n) is 11.6. The molecular formula is C14H22N4O. The number of ether oxygens (including phenoxy) is 1. The van der Waals surface area contributed by atoms with Crippen molar-refractivity contribution in [2.75, 3.05) is 13.7 Å². The van der Waals surface area contributed by atoms with Crippen molar-refractivity contribution in [3.63, 3.8) is 0 Å². The fraction of sp³-hybridized carbons (Fsp3) is 0.571. The molecule has 19 heavy (non-hydrogen) atoms. The standard InChI is InChI=1S/C14H22N4O/c1-3-8-19-13-7-4-11(9-16-13)10-17-14(15-2)18-12-5-6-12/h4,7,9,12H,3,5-6,8,10H2,1-2H3,(H2,15,17,18). The zero-order valence-corrected chi connectivity index (χ0v) is 11.6. The molecule has 2 N–H and O–H groups in total. The molecule has 2 rings (SSSR count). The van der Waals surface area contributed by atoms with Gasteiger partial charge in [0.15, 0.2) is 5.96 Å². The maximum atomic E-state index is 5.45. The van der Waals surface area contributed by atoms with Crippen LogP contribution in [0.15, 0.2) is 23.3 Å². The molecule has 1 heterocycles. The Kier molecular flexibility index (Phi) is 5.01. The molecule has 0 unspecified atom stereocenters.